The number of rotatable bonds is 4. The molecule has 2 N–H and O–H groups in total. The lowest BCUT2D eigenvalue weighted by Crippen LogP contribution is -2.03. The summed E-state index contributed by atoms with van der Waals surface area (Å²) in [6.07, 6.45) is 5.16. The molecule has 116 valence electrons. The van der Waals surface area contributed by atoms with Crippen molar-refractivity contribution in [2.75, 3.05) is 5.73 Å². The highest BCUT2D eigenvalue weighted by molar-refractivity contribution is 7.98. The van der Waals surface area contributed by atoms with E-state index in [2.05, 4.69) is 15.6 Å². The number of thioether (sulfide) groups is 1. The Morgan fingerprint density at radius 3 is 2.78 bits per heavy atom. The summed E-state index contributed by atoms with van der Waals surface area (Å²) < 4.78 is 2.21. The Balaban J connectivity index is 1.68. The Bertz CT molecular complexity index is 826. The Kier molecular flexibility index (Phi) is 3.79. The molecule has 3 aromatic rings. The molecule has 0 fully saturated rings. The summed E-state index contributed by atoms with van der Waals surface area (Å²) in [5.74, 6) is 1.77. The zero-order valence-corrected chi connectivity index (χ0v) is 13.6. The number of nitrogens with two attached hydrogens (primary N) is 1. The van der Waals surface area contributed by atoms with Crippen LogP contribution in [0.25, 0.3) is 5.82 Å². The van der Waals surface area contributed by atoms with E-state index in [-0.39, 0.29) is 0 Å². The highest BCUT2D eigenvalue weighted by Crippen LogP contribution is 2.32. The second-order valence-corrected chi connectivity index (χ2v) is 6.59. The number of nitrogen functional groups attached to an aromatic ring is 1. The van der Waals surface area contributed by atoms with Gasteiger partial charge in [0.1, 0.15) is 5.82 Å². The predicted octanol–water partition coefficient (Wildman–Crippen LogP) is 3.63. The van der Waals surface area contributed by atoms with Gasteiger partial charge in [-0.15, -0.1) is 0 Å². The third-order valence-corrected chi connectivity index (χ3v) is 5.13. The van der Waals surface area contributed by atoms with E-state index in [1.165, 1.54) is 17.8 Å². The summed E-state index contributed by atoms with van der Waals surface area (Å²) in [5, 5.41) is 1.01. The number of hydrogen-bond acceptors (Lipinski definition) is 4. The molecule has 0 radical (unpaired) electrons. The maximum Gasteiger partial charge on any atom is 0.174 e. The van der Waals surface area contributed by atoms with Gasteiger partial charge in [0.15, 0.2) is 5.16 Å². The van der Waals surface area contributed by atoms with E-state index >= 15 is 0 Å². The molecule has 1 aliphatic carbocycles. The van der Waals surface area contributed by atoms with Crippen LogP contribution >= 0.6 is 11.8 Å². The zero-order valence-electron chi connectivity index (χ0n) is 12.8. The van der Waals surface area contributed by atoms with Crippen molar-refractivity contribution in [3.05, 3.63) is 65.6 Å². The van der Waals surface area contributed by atoms with Crippen molar-refractivity contribution in [3.63, 3.8) is 0 Å². The first-order valence-electron chi connectivity index (χ1n) is 7.81. The summed E-state index contributed by atoms with van der Waals surface area (Å²) >= 11 is 1.73. The van der Waals surface area contributed by atoms with Crippen LogP contribution in [0.2, 0.25) is 0 Å². The molecule has 0 amide bonds. The van der Waals surface area contributed by atoms with Gasteiger partial charge in [-0.25, -0.2) is 9.97 Å². The number of fused-ring (bicyclic) bond motifs is 1. The van der Waals surface area contributed by atoms with Gasteiger partial charge in [-0.05, 0) is 43.0 Å². The molecule has 4 rings (SSSR count). The van der Waals surface area contributed by atoms with Crippen molar-refractivity contribution < 1.29 is 0 Å². The highest BCUT2D eigenvalue weighted by Gasteiger charge is 2.23. The van der Waals surface area contributed by atoms with Gasteiger partial charge in [-0.2, -0.15) is 0 Å². The summed E-state index contributed by atoms with van der Waals surface area (Å²) in [6, 6.07) is 14.0. The average Bonchev–Trinajstić information content (AvgIpc) is 3.15. The molecule has 4 nitrogen and oxygen atoms in total. The number of pyridine rings is 1. The Labute approximate surface area is 139 Å². The Morgan fingerprint density at radius 2 is 1.96 bits per heavy atom. The first-order valence-corrected chi connectivity index (χ1v) is 8.79. The number of hydrogen-bond donors (Lipinski definition) is 1. The molecule has 0 saturated heterocycles. The molecule has 1 aromatic carbocycles. The van der Waals surface area contributed by atoms with Crippen LogP contribution in [0.5, 0.6) is 0 Å². The molecule has 23 heavy (non-hydrogen) atoms. The van der Waals surface area contributed by atoms with Crippen LogP contribution in [0.1, 0.15) is 23.4 Å². The number of benzene rings is 1. The van der Waals surface area contributed by atoms with Crippen molar-refractivity contribution in [1.82, 2.24) is 14.5 Å². The molecule has 0 spiro atoms. The maximum absolute atomic E-state index is 6.05. The third kappa shape index (κ3) is 2.72. The molecule has 5 heteroatoms. The minimum Gasteiger partial charge on any atom is -0.398 e. The lowest BCUT2D eigenvalue weighted by molar-refractivity contribution is 0.770. The number of aromatic nitrogens is 3. The first-order chi connectivity index (χ1) is 11.3. The summed E-state index contributed by atoms with van der Waals surface area (Å²) in [7, 11) is 0. The molecular formula is C18H18N4S. The van der Waals surface area contributed by atoms with Crippen molar-refractivity contribution in [2.45, 2.75) is 30.2 Å². The van der Waals surface area contributed by atoms with Gasteiger partial charge >= 0.3 is 0 Å². The van der Waals surface area contributed by atoms with Gasteiger partial charge in [-0.3, -0.25) is 4.57 Å². The fourth-order valence-electron chi connectivity index (χ4n) is 2.98. The lowest BCUT2D eigenvalue weighted by atomic mass is 10.2. The molecular weight excluding hydrogens is 304 g/mol. The van der Waals surface area contributed by atoms with Crippen LogP contribution in [0.4, 0.5) is 5.69 Å². The summed E-state index contributed by atoms with van der Waals surface area (Å²) in [4.78, 5) is 9.37. The van der Waals surface area contributed by atoms with E-state index in [1.807, 2.05) is 42.6 Å². The molecule has 2 heterocycles. The highest BCUT2D eigenvalue weighted by atomic mass is 32.2. The van der Waals surface area contributed by atoms with Crippen LogP contribution in [0.3, 0.4) is 0 Å². The van der Waals surface area contributed by atoms with Gasteiger partial charge in [-0.1, -0.05) is 36.0 Å². The minimum absolute atomic E-state index is 0.815. The number of aryl methyl sites for hydroxylation is 1. The fraction of sp³-hybridized carbons (Fsp3) is 0.222. The fourth-order valence-corrected chi connectivity index (χ4v) is 4.04. The Hall–Kier alpha value is -2.27. The van der Waals surface area contributed by atoms with Gasteiger partial charge < -0.3 is 5.73 Å². The average molecular weight is 322 g/mol. The van der Waals surface area contributed by atoms with Crippen LogP contribution in [-0.4, -0.2) is 14.5 Å². The number of nitrogens with zero attached hydrogens (tertiary/aromatic N) is 3. The molecule has 0 atom stereocenters. The maximum atomic E-state index is 6.05. The smallest absolute Gasteiger partial charge is 0.174 e. The van der Waals surface area contributed by atoms with Crippen LogP contribution in [-0.2, 0) is 18.6 Å². The zero-order chi connectivity index (χ0) is 15.6. The largest absolute Gasteiger partial charge is 0.398 e. The molecule has 0 saturated carbocycles. The number of anilines is 1. The van der Waals surface area contributed by atoms with E-state index in [9.17, 15) is 0 Å². The molecule has 1 aliphatic rings. The summed E-state index contributed by atoms with van der Waals surface area (Å²) in [6.45, 7) is 0. The standard InChI is InChI=1S/C18H18N4S/c19-14-7-2-1-6-13(14)12-23-18-21-15-8-5-9-16(15)22(18)17-10-3-4-11-20-17/h1-4,6-7,10-11H,5,8-9,12,19H2. The molecule has 2 aromatic heterocycles. The molecule has 0 aliphatic heterocycles. The van der Waals surface area contributed by atoms with Crippen molar-refractivity contribution in [3.8, 4) is 5.82 Å². The molecule has 0 unspecified atom stereocenters. The monoisotopic (exact) mass is 322 g/mol. The second kappa shape index (κ2) is 6.08. The Morgan fingerprint density at radius 1 is 1.09 bits per heavy atom. The second-order valence-electron chi connectivity index (χ2n) is 5.65. The van der Waals surface area contributed by atoms with Crippen LogP contribution in [0.15, 0.2) is 53.8 Å². The normalized spacial score (nSPS) is 13.2. The van der Waals surface area contributed by atoms with E-state index in [0.717, 1.165) is 40.8 Å². The van der Waals surface area contributed by atoms with Gasteiger partial charge in [0.2, 0.25) is 0 Å². The topological polar surface area (TPSA) is 56.7 Å². The predicted molar refractivity (Wildman–Crippen MR) is 93.8 cm³/mol. The van der Waals surface area contributed by atoms with Crippen LogP contribution in [0, 0.1) is 0 Å². The molecule has 0 bridgehead atoms. The van der Waals surface area contributed by atoms with Crippen molar-refractivity contribution >= 4 is 17.4 Å². The van der Waals surface area contributed by atoms with Gasteiger partial charge in [0.05, 0.1) is 5.69 Å². The van der Waals surface area contributed by atoms with E-state index < -0.39 is 0 Å². The van der Waals surface area contributed by atoms with Crippen LogP contribution < -0.4 is 5.73 Å². The van der Waals surface area contributed by atoms with E-state index in [1.54, 1.807) is 11.8 Å². The van der Waals surface area contributed by atoms with Crippen molar-refractivity contribution in [2.24, 2.45) is 0 Å². The quantitative estimate of drug-likeness (QED) is 0.588. The summed E-state index contributed by atoms with van der Waals surface area (Å²) in [5.41, 5.74) is 10.6. The minimum atomic E-state index is 0.815. The lowest BCUT2D eigenvalue weighted by Gasteiger charge is -2.10. The van der Waals surface area contributed by atoms with Crippen molar-refractivity contribution in [1.29, 1.82) is 0 Å². The number of imidazole rings is 1. The van der Waals surface area contributed by atoms with Gasteiger partial charge in [0, 0.05) is 23.3 Å². The van der Waals surface area contributed by atoms with Gasteiger partial charge in [0.25, 0.3) is 0 Å². The third-order valence-electron chi connectivity index (χ3n) is 4.14. The van der Waals surface area contributed by atoms with E-state index in [4.69, 9.17) is 10.7 Å². The first kappa shape index (κ1) is 14.3. The van der Waals surface area contributed by atoms with E-state index in [0.29, 0.717) is 0 Å². The number of para-hydroxylation sites is 1. The SMILES string of the molecule is Nc1ccccc1CSc1nc2c(n1-c1ccccn1)CCC2.